The predicted octanol–water partition coefficient (Wildman–Crippen LogP) is 3.82. The van der Waals surface area contributed by atoms with E-state index in [-0.39, 0.29) is 16.8 Å². The third-order valence-corrected chi connectivity index (χ3v) is 5.35. The van der Waals surface area contributed by atoms with Crippen molar-refractivity contribution in [2.24, 2.45) is 5.92 Å². The average molecular weight is 338 g/mol. The van der Waals surface area contributed by atoms with Crippen molar-refractivity contribution in [3.05, 3.63) is 29.3 Å². The van der Waals surface area contributed by atoms with Crippen molar-refractivity contribution >= 4 is 27.5 Å². The molecule has 0 aromatic heterocycles. The van der Waals surface area contributed by atoms with E-state index in [0.717, 1.165) is 31.6 Å². The monoisotopic (exact) mass is 337 g/mol. The number of carbonyl (C=O) groups excluding carboxylic acids is 1. The third kappa shape index (κ3) is 2.77. The van der Waals surface area contributed by atoms with Crippen LogP contribution in [0.2, 0.25) is 0 Å². The quantitative estimate of drug-likeness (QED) is 0.833. The molecule has 0 saturated carbocycles. The van der Waals surface area contributed by atoms with Crippen LogP contribution in [0, 0.1) is 5.92 Å². The van der Waals surface area contributed by atoms with Crippen LogP contribution in [0.3, 0.4) is 0 Å². The largest absolute Gasteiger partial charge is 0.376 e. The van der Waals surface area contributed by atoms with E-state index in [4.69, 9.17) is 4.74 Å². The first-order valence-corrected chi connectivity index (χ1v) is 8.25. The van der Waals surface area contributed by atoms with Crippen molar-refractivity contribution in [3.63, 3.8) is 0 Å². The van der Waals surface area contributed by atoms with Crippen LogP contribution in [-0.4, -0.2) is 18.6 Å². The highest BCUT2D eigenvalue weighted by Gasteiger charge is 2.31. The van der Waals surface area contributed by atoms with Gasteiger partial charge in [-0.25, -0.2) is 0 Å². The zero-order chi connectivity index (χ0) is 14.1. The Morgan fingerprint density at radius 1 is 1.40 bits per heavy atom. The van der Waals surface area contributed by atoms with Crippen molar-refractivity contribution in [1.82, 2.24) is 0 Å². The van der Waals surface area contributed by atoms with Crippen LogP contribution in [0.1, 0.15) is 42.1 Å². The highest BCUT2D eigenvalue weighted by atomic mass is 79.9. The van der Waals surface area contributed by atoms with Crippen LogP contribution in [0.5, 0.6) is 0 Å². The first-order valence-electron chi connectivity index (χ1n) is 7.33. The second kappa shape index (κ2) is 5.86. The number of rotatable bonds is 2. The van der Waals surface area contributed by atoms with Crippen molar-refractivity contribution in [3.8, 4) is 0 Å². The molecule has 0 bridgehead atoms. The minimum atomic E-state index is 0.125. The molecule has 2 aliphatic rings. The van der Waals surface area contributed by atoms with Crippen molar-refractivity contribution in [2.45, 2.75) is 43.5 Å². The summed E-state index contributed by atoms with van der Waals surface area (Å²) in [5, 5.41) is 2.98. The molecule has 0 radical (unpaired) electrons. The number of nitrogens with one attached hydrogen (secondary N) is 1. The van der Waals surface area contributed by atoms with Gasteiger partial charge in [0.05, 0.1) is 10.9 Å². The smallest absolute Gasteiger partial charge is 0.224 e. The fraction of sp³-hybridized carbons (Fsp3) is 0.562. The van der Waals surface area contributed by atoms with Gasteiger partial charge in [0.25, 0.3) is 0 Å². The molecule has 20 heavy (non-hydrogen) atoms. The molecule has 1 amide bonds. The molecule has 1 aromatic rings. The molecule has 3 nitrogen and oxygen atoms in total. The number of alkyl halides is 1. The summed E-state index contributed by atoms with van der Waals surface area (Å²) in [6.07, 6.45) is 3.88. The SMILES string of the molecule is CC1CCOC1C(Br)c1ccc2c(c1)CCCC(=O)N2. The minimum absolute atomic E-state index is 0.125. The molecular weight excluding hydrogens is 318 g/mol. The molecule has 1 N–H and O–H groups in total. The summed E-state index contributed by atoms with van der Waals surface area (Å²) < 4.78 is 5.85. The Morgan fingerprint density at radius 2 is 2.25 bits per heavy atom. The van der Waals surface area contributed by atoms with Gasteiger partial charge in [0.2, 0.25) is 5.91 Å². The number of hydrogen-bond donors (Lipinski definition) is 1. The molecule has 3 unspecified atom stereocenters. The zero-order valence-corrected chi connectivity index (χ0v) is 13.3. The Hall–Kier alpha value is -0.870. The van der Waals surface area contributed by atoms with Gasteiger partial charge in [0.15, 0.2) is 0 Å². The van der Waals surface area contributed by atoms with E-state index in [1.165, 1.54) is 11.1 Å². The maximum absolute atomic E-state index is 11.6. The molecule has 1 aromatic carbocycles. The van der Waals surface area contributed by atoms with Crippen molar-refractivity contribution < 1.29 is 9.53 Å². The summed E-state index contributed by atoms with van der Waals surface area (Å²) in [7, 11) is 0. The highest BCUT2D eigenvalue weighted by Crippen LogP contribution is 2.38. The van der Waals surface area contributed by atoms with E-state index < -0.39 is 0 Å². The second-order valence-corrected chi connectivity index (χ2v) is 6.81. The maximum atomic E-state index is 11.6. The van der Waals surface area contributed by atoms with Gasteiger partial charge in [0, 0.05) is 18.7 Å². The van der Waals surface area contributed by atoms with Crippen LogP contribution < -0.4 is 5.32 Å². The van der Waals surface area contributed by atoms with E-state index in [1.54, 1.807) is 0 Å². The topological polar surface area (TPSA) is 38.3 Å². The molecular formula is C16H20BrNO2. The van der Waals surface area contributed by atoms with Gasteiger partial charge in [0.1, 0.15) is 0 Å². The summed E-state index contributed by atoms with van der Waals surface area (Å²) in [4.78, 5) is 11.8. The van der Waals surface area contributed by atoms with E-state index in [1.807, 2.05) is 6.07 Å². The van der Waals surface area contributed by atoms with Gasteiger partial charge in [-0.05, 0) is 42.4 Å². The second-order valence-electron chi connectivity index (χ2n) is 5.82. The third-order valence-electron chi connectivity index (χ3n) is 4.30. The molecule has 108 valence electrons. The van der Waals surface area contributed by atoms with Crippen molar-refractivity contribution in [2.75, 3.05) is 11.9 Å². The van der Waals surface area contributed by atoms with E-state index >= 15 is 0 Å². The molecule has 1 saturated heterocycles. The standard InChI is InChI=1S/C16H20BrNO2/c1-10-7-8-20-16(10)15(17)12-5-6-13-11(9-12)3-2-4-14(19)18-13/h5-6,9-10,15-16H,2-4,7-8H2,1H3,(H,18,19). The average Bonchev–Trinajstić information content (AvgIpc) is 2.76. The summed E-state index contributed by atoms with van der Waals surface area (Å²) in [6.45, 7) is 3.10. The lowest BCUT2D eigenvalue weighted by atomic mass is 9.95. The van der Waals surface area contributed by atoms with Crippen LogP contribution >= 0.6 is 15.9 Å². The fourth-order valence-corrected chi connectivity index (χ4v) is 4.01. The number of carbonyl (C=O) groups is 1. The fourth-order valence-electron chi connectivity index (χ4n) is 3.05. The number of benzene rings is 1. The summed E-state index contributed by atoms with van der Waals surface area (Å²) in [5.41, 5.74) is 3.46. The first-order chi connectivity index (χ1) is 9.65. The van der Waals surface area contributed by atoms with Crippen LogP contribution in [0.15, 0.2) is 18.2 Å². The van der Waals surface area contributed by atoms with Gasteiger partial charge in [-0.1, -0.05) is 35.0 Å². The van der Waals surface area contributed by atoms with Gasteiger partial charge >= 0.3 is 0 Å². The van der Waals surface area contributed by atoms with E-state index in [2.05, 4.69) is 40.3 Å². The molecule has 0 spiro atoms. The number of hydrogen-bond acceptors (Lipinski definition) is 2. The number of aryl methyl sites for hydroxylation is 1. The first kappa shape index (κ1) is 14.1. The van der Waals surface area contributed by atoms with Crippen LogP contribution in [0.25, 0.3) is 0 Å². The number of amides is 1. The van der Waals surface area contributed by atoms with Gasteiger partial charge < -0.3 is 10.1 Å². The predicted molar refractivity (Wildman–Crippen MR) is 83.2 cm³/mol. The summed E-state index contributed by atoms with van der Waals surface area (Å²) in [5.74, 6) is 0.706. The van der Waals surface area contributed by atoms with E-state index in [0.29, 0.717) is 12.3 Å². The summed E-state index contributed by atoms with van der Waals surface area (Å²) in [6, 6.07) is 6.34. The minimum Gasteiger partial charge on any atom is -0.376 e. The molecule has 2 heterocycles. The Kier molecular flexibility index (Phi) is 4.13. The molecule has 0 aliphatic carbocycles. The Labute approximate surface area is 128 Å². The molecule has 3 atom stereocenters. The zero-order valence-electron chi connectivity index (χ0n) is 11.7. The van der Waals surface area contributed by atoms with Crippen LogP contribution in [-0.2, 0) is 16.0 Å². The van der Waals surface area contributed by atoms with Crippen molar-refractivity contribution in [1.29, 1.82) is 0 Å². The van der Waals surface area contributed by atoms with Gasteiger partial charge in [-0.2, -0.15) is 0 Å². The maximum Gasteiger partial charge on any atom is 0.224 e. The lowest BCUT2D eigenvalue weighted by Gasteiger charge is -2.22. The summed E-state index contributed by atoms with van der Waals surface area (Å²) >= 11 is 3.80. The molecule has 2 aliphatic heterocycles. The number of halogens is 1. The highest BCUT2D eigenvalue weighted by molar-refractivity contribution is 9.09. The lowest BCUT2D eigenvalue weighted by Crippen LogP contribution is -2.19. The number of anilines is 1. The van der Waals surface area contributed by atoms with Gasteiger partial charge in [-0.15, -0.1) is 0 Å². The van der Waals surface area contributed by atoms with Crippen LogP contribution in [0.4, 0.5) is 5.69 Å². The Morgan fingerprint density at radius 3 is 3.00 bits per heavy atom. The lowest BCUT2D eigenvalue weighted by molar-refractivity contribution is -0.116. The van der Waals surface area contributed by atoms with E-state index in [9.17, 15) is 4.79 Å². The number of fused-ring (bicyclic) bond motifs is 1. The Bertz CT molecular complexity index is 517. The van der Waals surface area contributed by atoms with Gasteiger partial charge in [-0.3, -0.25) is 4.79 Å². The molecule has 3 rings (SSSR count). The molecule has 4 heteroatoms. The number of ether oxygens (including phenoxy) is 1. The normalized spacial score (nSPS) is 27.6. The molecule has 1 fully saturated rings. The Balaban J connectivity index is 1.84.